The average molecular weight is 331 g/mol. The van der Waals surface area contributed by atoms with Gasteiger partial charge < -0.3 is 9.47 Å². The molecular weight excluding hydrogens is 304 g/mol. The van der Waals surface area contributed by atoms with Crippen molar-refractivity contribution >= 4 is 26.5 Å². The number of hydrogen-bond donors (Lipinski definition) is 0. The van der Waals surface area contributed by atoms with Crippen molar-refractivity contribution in [3.05, 3.63) is 24.3 Å². The normalized spacial score (nSPS) is 10.8. The number of benzene rings is 1. The maximum absolute atomic E-state index is 5.17. The van der Waals surface area contributed by atoms with Gasteiger partial charge >= 0.3 is 0 Å². The Morgan fingerprint density at radius 1 is 0.727 bits per heavy atom. The minimum atomic E-state index is -1.76. The monoisotopic (exact) mass is 330 g/mol. The van der Waals surface area contributed by atoms with Crippen LogP contribution in [0.2, 0.25) is 26.2 Å². The van der Waals surface area contributed by atoms with E-state index in [1.807, 2.05) is 13.8 Å². The summed E-state index contributed by atoms with van der Waals surface area (Å²) in [6.45, 7) is 14.1. The van der Waals surface area contributed by atoms with Gasteiger partial charge in [0.25, 0.3) is 0 Å². The van der Waals surface area contributed by atoms with Gasteiger partial charge in [0, 0.05) is 0 Å². The molecule has 0 atom stereocenters. The van der Waals surface area contributed by atoms with Gasteiger partial charge in [-0.1, -0.05) is 61.5 Å². The molecule has 4 heteroatoms. The Bertz CT molecular complexity index is 541. The highest BCUT2D eigenvalue weighted by molar-refractivity contribution is 6.97. The Morgan fingerprint density at radius 3 is 1.32 bits per heavy atom. The summed E-state index contributed by atoms with van der Waals surface area (Å²) in [5, 5.41) is 2.65. The minimum absolute atomic E-state index is 0.634. The van der Waals surface area contributed by atoms with E-state index in [9.17, 15) is 0 Å². The standard InChI is InChI=1S/C18H26O2Si2/c1-7-19-13-15-21(3,4)17-9-11-18(12-10-17)22(5,6)16-14-20-8-2/h9-12H,7-8H2,1-6H3. The molecule has 0 saturated carbocycles. The first-order chi connectivity index (χ1) is 10.3. The molecule has 0 saturated heterocycles. The molecule has 1 rings (SSSR count). The Kier molecular flexibility index (Phi) is 6.80. The van der Waals surface area contributed by atoms with Crippen molar-refractivity contribution in [2.45, 2.75) is 40.0 Å². The van der Waals surface area contributed by atoms with Crippen molar-refractivity contribution in [2.24, 2.45) is 0 Å². The van der Waals surface area contributed by atoms with Crippen LogP contribution in [0, 0.1) is 23.3 Å². The Balaban J connectivity index is 2.96. The van der Waals surface area contributed by atoms with Gasteiger partial charge in [-0.15, -0.1) is 0 Å². The average Bonchev–Trinajstić information content (AvgIpc) is 2.48. The molecule has 0 aliphatic carbocycles. The van der Waals surface area contributed by atoms with Crippen LogP contribution in [-0.4, -0.2) is 29.4 Å². The third-order valence-electron chi connectivity index (χ3n) is 3.49. The molecule has 0 unspecified atom stereocenters. The molecular formula is C18H26O2Si2. The molecule has 2 nitrogen and oxygen atoms in total. The van der Waals surface area contributed by atoms with Crippen LogP contribution in [0.3, 0.4) is 0 Å². The second kappa shape index (κ2) is 8.12. The van der Waals surface area contributed by atoms with E-state index in [1.54, 1.807) is 0 Å². The zero-order chi connectivity index (χ0) is 16.6. The molecule has 118 valence electrons. The van der Waals surface area contributed by atoms with Crippen LogP contribution >= 0.6 is 0 Å². The lowest BCUT2D eigenvalue weighted by atomic mass is 10.4. The molecule has 0 aliphatic heterocycles. The van der Waals surface area contributed by atoms with Crippen molar-refractivity contribution in [3.63, 3.8) is 0 Å². The summed E-state index contributed by atoms with van der Waals surface area (Å²) in [7, 11) is -3.52. The van der Waals surface area contributed by atoms with Gasteiger partial charge in [-0.3, -0.25) is 0 Å². The van der Waals surface area contributed by atoms with Crippen molar-refractivity contribution in [3.8, 4) is 23.3 Å². The van der Waals surface area contributed by atoms with Crippen LogP contribution in [0.1, 0.15) is 13.8 Å². The summed E-state index contributed by atoms with van der Waals surface area (Å²) < 4.78 is 10.3. The smallest absolute Gasteiger partial charge is 0.167 e. The zero-order valence-electron chi connectivity index (χ0n) is 14.5. The van der Waals surface area contributed by atoms with Crippen molar-refractivity contribution < 1.29 is 9.47 Å². The summed E-state index contributed by atoms with van der Waals surface area (Å²) in [5.41, 5.74) is 6.61. The molecule has 0 aliphatic rings. The minimum Gasteiger partial charge on any atom is -0.447 e. The van der Waals surface area contributed by atoms with Gasteiger partial charge in [0.1, 0.15) is 12.2 Å². The number of ether oxygens (including phenoxy) is 2. The van der Waals surface area contributed by atoms with E-state index >= 15 is 0 Å². The van der Waals surface area contributed by atoms with Crippen molar-refractivity contribution in [1.82, 2.24) is 0 Å². The van der Waals surface area contributed by atoms with Crippen LogP contribution in [-0.2, 0) is 9.47 Å². The van der Waals surface area contributed by atoms with E-state index in [2.05, 4.69) is 73.8 Å². The predicted molar refractivity (Wildman–Crippen MR) is 99.5 cm³/mol. The molecule has 0 bridgehead atoms. The van der Waals surface area contributed by atoms with Gasteiger partial charge in [-0.05, 0) is 24.2 Å². The van der Waals surface area contributed by atoms with E-state index in [1.165, 1.54) is 10.4 Å². The fourth-order valence-corrected chi connectivity index (χ4v) is 4.86. The molecule has 0 N–H and O–H groups in total. The lowest BCUT2D eigenvalue weighted by molar-refractivity contribution is 0.299. The fourth-order valence-electron chi connectivity index (χ4n) is 1.92. The summed E-state index contributed by atoms with van der Waals surface area (Å²) >= 11 is 0. The summed E-state index contributed by atoms with van der Waals surface area (Å²) in [4.78, 5) is 0. The maximum Gasteiger partial charge on any atom is 0.167 e. The first-order valence-corrected chi connectivity index (χ1v) is 13.7. The SMILES string of the molecule is CCOC#C[Si](C)(C)c1ccc([Si](C)(C)C#COCC)cc1. The van der Waals surface area contributed by atoms with Gasteiger partial charge in [-0.25, -0.2) is 0 Å². The molecule has 22 heavy (non-hydrogen) atoms. The van der Waals surface area contributed by atoms with E-state index in [4.69, 9.17) is 9.47 Å². The predicted octanol–water partition coefficient (Wildman–Crippen LogP) is 2.59. The molecule has 1 aromatic rings. The first-order valence-electron chi connectivity index (χ1n) is 7.72. The second-order valence-electron chi connectivity index (χ2n) is 6.15. The quantitative estimate of drug-likeness (QED) is 0.624. The summed E-state index contributed by atoms with van der Waals surface area (Å²) in [6, 6.07) is 8.83. The molecule has 0 radical (unpaired) electrons. The maximum atomic E-state index is 5.17. The van der Waals surface area contributed by atoms with Crippen LogP contribution in [0.4, 0.5) is 0 Å². The summed E-state index contributed by atoms with van der Waals surface area (Å²) in [5.74, 6) is 0. The van der Waals surface area contributed by atoms with Gasteiger partial charge in [-0.2, -0.15) is 0 Å². The Labute approximate surface area is 137 Å². The lowest BCUT2D eigenvalue weighted by Gasteiger charge is -2.19. The van der Waals surface area contributed by atoms with Gasteiger partial charge in [0.05, 0.1) is 13.2 Å². The fraction of sp³-hybridized carbons (Fsp3) is 0.444. The summed E-state index contributed by atoms with van der Waals surface area (Å²) in [6.07, 6.45) is 5.67. The second-order valence-corrected chi connectivity index (χ2v) is 14.3. The molecule has 0 spiro atoms. The third-order valence-corrected chi connectivity index (χ3v) is 8.50. The lowest BCUT2D eigenvalue weighted by Crippen LogP contribution is -2.44. The molecule has 0 amide bonds. The van der Waals surface area contributed by atoms with E-state index in [0.29, 0.717) is 13.2 Å². The van der Waals surface area contributed by atoms with Crippen LogP contribution < -0.4 is 10.4 Å². The van der Waals surface area contributed by atoms with E-state index in [0.717, 1.165) is 0 Å². The largest absolute Gasteiger partial charge is 0.447 e. The Hall–Kier alpha value is -1.63. The highest BCUT2D eigenvalue weighted by Gasteiger charge is 2.25. The third kappa shape index (κ3) is 5.29. The van der Waals surface area contributed by atoms with Gasteiger partial charge in [0.15, 0.2) is 16.1 Å². The Morgan fingerprint density at radius 2 is 1.05 bits per heavy atom. The van der Waals surface area contributed by atoms with Crippen LogP contribution in [0.15, 0.2) is 24.3 Å². The van der Waals surface area contributed by atoms with Crippen LogP contribution in [0.5, 0.6) is 0 Å². The van der Waals surface area contributed by atoms with Crippen molar-refractivity contribution in [2.75, 3.05) is 13.2 Å². The van der Waals surface area contributed by atoms with Crippen molar-refractivity contribution in [1.29, 1.82) is 0 Å². The molecule has 0 heterocycles. The van der Waals surface area contributed by atoms with Crippen LogP contribution in [0.25, 0.3) is 0 Å². The van der Waals surface area contributed by atoms with E-state index < -0.39 is 16.1 Å². The van der Waals surface area contributed by atoms with E-state index in [-0.39, 0.29) is 0 Å². The first kappa shape index (κ1) is 18.4. The highest BCUT2D eigenvalue weighted by Crippen LogP contribution is 2.05. The highest BCUT2D eigenvalue weighted by atomic mass is 28.3. The molecule has 0 fully saturated rings. The van der Waals surface area contributed by atoms with Gasteiger partial charge in [0.2, 0.25) is 0 Å². The number of rotatable bonds is 4. The number of hydrogen-bond acceptors (Lipinski definition) is 2. The zero-order valence-corrected chi connectivity index (χ0v) is 16.5. The topological polar surface area (TPSA) is 18.5 Å². The molecule has 1 aromatic carbocycles. The molecule has 0 aromatic heterocycles.